The van der Waals surface area contributed by atoms with Crippen LogP contribution in [0.1, 0.15) is 0 Å². The van der Waals surface area contributed by atoms with Crippen LogP contribution in [0.5, 0.6) is 0 Å². The van der Waals surface area contributed by atoms with Gasteiger partial charge in [0.2, 0.25) is 0 Å². The molecule has 7 nitrogen and oxygen atoms in total. The van der Waals surface area contributed by atoms with Crippen molar-refractivity contribution in [3.63, 3.8) is 0 Å². The number of hydrogen-bond acceptors (Lipinski definition) is 5. The van der Waals surface area contributed by atoms with Crippen molar-refractivity contribution in [1.29, 1.82) is 0 Å². The molecule has 1 fully saturated rings. The molecule has 1 aliphatic heterocycles. The Balaban J connectivity index is 1.70. The Bertz CT molecular complexity index is 1140. The van der Waals surface area contributed by atoms with E-state index in [1.807, 2.05) is 24.3 Å². The molecule has 144 valence electrons. The molecule has 0 bridgehead atoms. The minimum absolute atomic E-state index is 0.242. The number of hydrogen-bond donors (Lipinski definition) is 0. The molecule has 1 amide bonds. The van der Waals surface area contributed by atoms with Crippen molar-refractivity contribution in [2.45, 2.75) is 4.90 Å². The normalized spacial score (nSPS) is 14.4. The number of carbonyl (C=O) groups excluding carboxylic acids is 1. The SMILES string of the molecule is CS(=O)(=O)c1ccc(-n2cnc(Cl)c2-c2ccc(N3CCOC3=O)cc2)cc1. The summed E-state index contributed by atoms with van der Waals surface area (Å²) in [5.41, 5.74) is 2.95. The molecule has 0 radical (unpaired) electrons. The lowest BCUT2D eigenvalue weighted by molar-refractivity contribution is 0.181. The van der Waals surface area contributed by atoms with Crippen LogP contribution in [-0.4, -0.2) is 43.5 Å². The van der Waals surface area contributed by atoms with E-state index in [2.05, 4.69) is 4.98 Å². The fourth-order valence-electron chi connectivity index (χ4n) is 3.06. The first kappa shape index (κ1) is 18.5. The summed E-state index contributed by atoms with van der Waals surface area (Å²) in [6, 6.07) is 13.8. The van der Waals surface area contributed by atoms with E-state index in [0.29, 0.717) is 24.0 Å². The lowest BCUT2D eigenvalue weighted by Gasteiger charge is -2.14. The number of aromatic nitrogens is 2. The highest BCUT2D eigenvalue weighted by atomic mass is 35.5. The Kier molecular flexibility index (Phi) is 4.60. The molecule has 0 aliphatic carbocycles. The molecule has 4 rings (SSSR count). The molecule has 3 aromatic rings. The summed E-state index contributed by atoms with van der Waals surface area (Å²) in [5, 5.41) is 0.320. The van der Waals surface area contributed by atoms with Gasteiger partial charge in [0.15, 0.2) is 15.0 Å². The molecule has 0 saturated carbocycles. The van der Waals surface area contributed by atoms with E-state index in [9.17, 15) is 13.2 Å². The number of anilines is 1. The second kappa shape index (κ2) is 6.96. The quantitative estimate of drug-likeness (QED) is 0.648. The van der Waals surface area contributed by atoms with Crippen LogP contribution in [0.2, 0.25) is 5.15 Å². The molecular formula is C19H16ClN3O4S. The molecular weight excluding hydrogens is 402 g/mol. The summed E-state index contributed by atoms with van der Waals surface area (Å²) in [5.74, 6) is 0. The smallest absolute Gasteiger partial charge is 0.414 e. The second-order valence-corrected chi connectivity index (χ2v) is 8.71. The van der Waals surface area contributed by atoms with E-state index in [1.54, 1.807) is 40.1 Å². The Morgan fingerprint density at radius 1 is 1.04 bits per heavy atom. The largest absolute Gasteiger partial charge is 0.447 e. The first-order valence-corrected chi connectivity index (χ1v) is 10.7. The topological polar surface area (TPSA) is 81.5 Å². The van der Waals surface area contributed by atoms with E-state index >= 15 is 0 Å². The minimum atomic E-state index is -3.27. The maximum Gasteiger partial charge on any atom is 0.414 e. The van der Waals surface area contributed by atoms with Crippen molar-refractivity contribution in [3.05, 3.63) is 60.0 Å². The fraction of sp³-hybridized carbons (Fsp3) is 0.158. The van der Waals surface area contributed by atoms with Crippen LogP contribution >= 0.6 is 11.6 Å². The van der Waals surface area contributed by atoms with Crippen molar-refractivity contribution in [2.24, 2.45) is 0 Å². The summed E-state index contributed by atoms with van der Waals surface area (Å²) >= 11 is 6.31. The highest BCUT2D eigenvalue weighted by Gasteiger charge is 2.23. The number of cyclic esters (lactones) is 1. The number of rotatable bonds is 4. The van der Waals surface area contributed by atoms with Crippen LogP contribution in [0, 0.1) is 0 Å². The van der Waals surface area contributed by atoms with Gasteiger partial charge in [0.05, 0.1) is 17.1 Å². The maximum atomic E-state index is 11.7. The fourth-order valence-corrected chi connectivity index (χ4v) is 3.94. The number of ether oxygens (including phenoxy) is 1. The number of carbonyl (C=O) groups is 1. The molecule has 1 aliphatic rings. The number of imidazole rings is 1. The predicted octanol–water partition coefficient (Wildman–Crippen LogP) is 3.55. The van der Waals surface area contributed by atoms with Gasteiger partial charge in [-0.05, 0) is 36.4 Å². The first-order chi connectivity index (χ1) is 13.3. The molecule has 0 N–H and O–H groups in total. The average Bonchev–Trinajstić information content (AvgIpc) is 3.27. The summed E-state index contributed by atoms with van der Waals surface area (Å²) in [4.78, 5) is 17.7. The molecule has 9 heteroatoms. The van der Waals surface area contributed by atoms with Gasteiger partial charge in [-0.1, -0.05) is 23.7 Å². The average molecular weight is 418 g/mol. The van der Waals surface area contributed by atoms with E-state index < -0.39 is 9.84 Å². The molecule has 0 unspecified atom stereocenters. The summed E-state index contributed by atoms with van der Waals surface area (Å²) < 4.78 is 30.1. The third-order valence-electron chi connectivity index (χ3n) is 4.48. The first-order valence-electron chi connectivity index (χ1n) is 8.43. The Morgan fingerprint density at radius 3 is 2.25 bits per heavy atom. The van der Waals surface area contributed by atoms with E-state index in [-0.39, 0.29) is 11.0 Å². The van der Waals surface area contributed by atoms with Crippen LogP contribution in [0.4, 0.5) is 10.5 Å². The van der Waals surface area contributed by atoms with Gasteiger partial charge >= 0.3 is 6.09 Å². The third kappa shape index (κ3) is 3.36. The molecule has 2 aromatic carbocycles. The van der Waals surface area contributed by atoms with Crippen molar-refractivity contribution in [2.75, 3.05) is 24.3 Å². The molecule has 28 heavy (non-hydrogen) atoms. The Morgan fingerprint density at radius 2 is 1.68 bits per heavy atom. The zero-order valence-electron chi connectivity index (χ0n) is 14.9. The second-order valence-electron chi connectivity index (χ2n) is 6.33. The monoisotopic (exact) mass is 417 g/mol. The highest BCUT2D eigenvalue weighted by Crippen LogP contribution is 2.31. The van der Waals surface area contributed by atoms with E-state index in [0.717, 1.165) is 16.9 Å². The lowest BCUT2D eigenvalue weighted by Crippen LogP contribution is -2.23. The number of nitrogens with zero attached hydrogens (tertiary/aromatic N) is 3. The lowest BCUT2D eigenvalue weighted by atomic mass is 10.1. The van der Waals surface area contributed by atoms with Crippen LogP contribution in [-0.2, 0) is 14.6 Å². The molecule has 0 spiro atoms. The summed E-state index contributed by atoms with van der Waals surface area (Å²) in [6.45, 7) is 0.895. The van der Waals surface area contributed by atoms with Crippen molar-refractivity contribution in [1.82, 2.24) is 9.55 Å². The van der Waals surface area contributed by atoms with Gasteiger partial charge in [0.1, 0.15) is 12.9 Å². The number of benzene rings is 2. The van der Waals surface area contributed by atoms with Gasteiger partial charge < -0.3 is 4.74 Å². The van der Waals surface area contributed by atoms with Gasteiger partial charge in [-0.3, -0.25) is 9.47 Å². The van der Waals surface area contributed by atoms with E-state index in [4.69, 9.17) is 16.3 Å². The zero-order valence-corrected chi connectivity index (χ0v) is 16.4. The molecule has 1 saturated heterocycles. The van der Waals surface area contributed by atoms with Gasteiger partial charge in [0, 0.05) is 23.2 Å². The highest BCUT2D eigenvalue weighted by molar-refractivity contribution is 7.90. The number of halogens is 1. The van der Waals surface area contributed by atoms with E-state index in [1.165, 1.54) is 6.26 Å². The molecule has 2 heterocycles. The van der Waals surface area contributed by atoms with Gasteiger partial charge in [-0.15, -0.1) is 0 Å². The predicted molar refractivity (Wildman–Crippen MR) is 106 cm³/mol. The molecule has 1 aromatic heterocycles. The van der Waals surface area contributed by atoms with Gasteiger partial charge in [-0.25, -0.2) is 18.2 Å². The van der Waals surface area contributed by atoms with Crippen LogP contribution < -0.4 is 4.90 Å². The zero-order chi connectivity index (χ0) is 19.9. The Labute approximate surface area is 167 Å². The van der Waals surface area contributed by atoms with Crippen molar-refractivity contribution < 1.29 is 17.9 Å². The number of sulfone groups is 1. The maximum absolute atomic E-state index is 11.7. The van der Waals surface area contributed by atoms with Crippen LogP contribution in [0.15, 0.2) is 59.8 Å². The number of amides is 1. The van der Waals surface area contributed by atoms with Gasteiger partial charge in [0.25, 0.3) is 0 Å². The van der Waals surface area contributed by atoms with Crippen LogP contribution in [0.3, 0.4) is 0 Å². The Hall–Kier alpha value is -2.84. The van der Waals surface area contributed by atoms with Crippen molar-refractivity contribution in [3.8, 4) is 16.9 Å². The van der Waals surface area contributed by atoms with Crippen molar-refractivity contribution >= 4 is 33.2 Å². The minimum Gasteiger partial charge on any atom is -0.447 e. The third-order valence-corrected chi connectivity index (χ3v) is 5.88. The van der Waals surface area contributed by atoms with Gasteiger partial charge in [-0.2, -0.15) is 0 Å². The molecule has 0 atom stereocenters. The van der Waals surface area contributed by atoms with Crippen LogP contribution in [0.25, 0.3) is 16.9 Å². The summed E-state index contributed by atoms with van der Waals surface area (Å²) in [6.07, 6.45) is 2.39. The summed E-state index contributed by atoms with van der Waals surface area (Å²) in [7, 11) is -3.27. The standard InChI is InChI=1S/C19H16ClN3O4S/c1-28(25,26)16-8-6-15(7-9-16)23-12-21-18(20)17(23)13-2-4-14(5-3-13)22-10-11-27-19(22)24/h2-9,12H,10-11H2,1H3.